The molecule has 0 heterocycles. The van der Waals surface area contributed by atoms with Gasteiger partial charge in [0.2, 0.25) is 0 Å². The number of aliphatic hydroxyl groups is 1. The Bertz CT molecular complexity index is 441. The molecule has 3 nitrogen and oxygen atoms in total. The van der Waals surface area contributed by atoms with E-state index in [2.05, 4.69) is 0 Å². The molecule has 0 spiro atoms. The fraction of sp³-hybridized carbons (Fsp3) is 0.500. The number of benzene rings is 1. The van der Waals surface area contributed by atoms with Crippen molar-refractivity contribution >= 4 is 23.6 Å². The van der Waals surface area contributed by atoms with Gasteiger partial charge in [0, 0.05) is 29.9 Å². The molecule has 18 heavy (non-hydrogen) atoms. The molecule has 2 rings (SSSR count). The SMILES string of the molecule is CN(CC1(O)CCCC1)c1ccc(Cl)cc1C=O. The molecule has 1 aromatic carbocycles. The Morgan fingerprint density at radius 1 is 1.44 bits per heavy atom. The van der Waals surface area contributed by atoms with Crippen molar-refractivity contribution in [3.8, 4) is 0 Å². The van der Waals surface area contributed by atoms with Crippen LogP contribution in [0.4, 0.5) is 5.69 Å². The number of hydrogen-bond donors (Lipinski definition) is 1. The first-order valence-corrected chi connectivity index (χ1v) is 6.60. The number of likely N-dealkylation sites (N-methyl/N-ethyl adjacent to an activating group) is 1. The van der Waals surface area contributed by atoms with Crippen molar-refractivity contribution in [3.63, 3.8) is 0 Å². The van der Waals surface area contributed by atoms with Crippen LogP contribution in [0.2, 0.25) is 5.02 Å². The Morgan fingerprint density at radius 2 is 2.11 bits per heavy atom. The molecule has 0 amide bonds. The Labute approximate surface area is 112 Å². The van der Waals surface area contributed by atoms with Crippen molar-refractivity contribution in [3.05, 3.63) is 28.8 Å². The number of carbonyl (C=O) groups excluding carboxylic acids is 1. The number of hydrogen-bond acceptors (Lipinski definition) is 3. The summed E-state index contributed by atoms with van der Waals surface area (Å²) < 4.78 is 0. The zero-order valence-electron chi connectivity index (χ0n) is 10.5. The minimum Gasteiger partial charge on any atom is -0.388 e. The van der Waals surface area contributed by atoms with E-state index >= 15 is 0 Å². The van der Waals surface area contributed by atoms with E-state index in [1.165, 1.54) is 0 Å². The van der Waals surface area contributed by atoms with Gasteiger partial charge in [-0.05, 0) is 31.0 Å². The van der Waals surface area contributed by atoms with Crippen molar-refractivity contribution < 1.29 is 9.90 Å². The summed E-state index contributed by atoms with van der Waals surface area (Å²) in [6, 6.07) is 5.24. The van der Waals surface area contributed by atoms with Crippen molar-refractivity contribution in [2.45, 2.75) is 31.3 Å². The zero-order valence-corrected chi connectivity index (χ0v) is 11.3. The Morgan fingerprint density at radius 3 is 2.72 bits per heavy atom. The van der Waals surface area contributed by atoms with Gasteiger partial charge in [-0.15, -0.1) is 0 Å². The molecule has 0 aliphatic heterocycles. The molecule has 1 aromatic rings. The third-order valence-electron chi connectivity index (χ3n) is 3.59. The van der Waals surface area contributed by atoms with Gasteiger partial charge in [0.05, 0.1) is 5.60 Å². The minimum atomic E-state index is -0.617. The lowest BCUT2D eigenvalue weighted by Gasteiger charge is -2.30. The van der Waals surface area contributed by atoms with E-state index in [1.54, 1.807) is 12.1 Å². The Balaban J connectivity index is 2.17. The van der Waals surface area contributed by atoms with Gasteiger partial charge in [0.1, 0.15) is 0 Å². The van der Waals surface area contributed by atoms with Gasteiger partial charge in [0.25, 0.3) is 0 Å². The van der Waals surface area contributed by atoms with Crippen molar-refractivity contribution in [2.75, 3.05) is 18.5 Å². The predicted octanol–water partition coefficient (Wildman–Crippen LogP) is 2.89. The van der Waals surface area contributed by atoms with Gasteiger partial charge in [-0.3, -0.25) is 4.79 Å². The molecule has 0 aromatic heterocycles. The molecule has 1 N–H and O–H groups in total. The van der Waals surface area contributed by atoms with Gasteiger partial charge in [-0.25, -0.2) is 0 Å². The summed E-state index contributed by atoms with van der Waals surface area (Å²) in [5.74, 6) is 0. The van der Waals surface area contributed by atoms with E-state index in [0.29, 0.717) is 17.1 Å². The molecule has 4 heteroatoms. The van der Waals surface area contributed by atoms with E-state index in [9.17, 15) is 9.90 Å². The molecule has 0 unspecified atom stereocenters. The molecule has 0 bridgehead atoms. The largest absolute Gasteiger partial charge is 0.388 e. The molecule has 1 aliphatic rings. The standard InChI is InChI=1S/C14H18ClNO2/c1-16(10-14(18)6-2-3-7-14)13-5-4-12(15)8-11(13)9-17/h4-5,8-9,18H,2-3,6-7,10H2,1H3. The van der Waals surface area contributed by atoms with Crippen LogP contribution in [0, 0.1) is 0 Å². The van der Waals surface area contributed by atoms with Crippen LogP contribution in [-0.2, 0) is 0 Å². The number of anilines is 1. The Hall–Kier alpha value is -1.06. The van der Waals surface area contributed by atoms with Crippen molar-refractivity contribution in [2.24, 2.45) is 0 Å². The van der Waals surface area contributed by atoms with Gasteiger partial charge in [-0.1, -0.05) is 24.4 Å². The summed E-state index contributed by atoms with van der Waals surface area (Å²) >= 11 is 5.87. The lowest BCUT2D eigenvalue weighted by molar-refractivity contribution is 0.0559. The number of halogens is 1. The topological polar surface area (TPSA) is 40.5 Å². The van der Waals surface area contributed by atoms with E-state index < -0.39 is 5.60 Å². The first-order chi connectivity index (χ1) is 8.54. The van der Waals surface area contributed by atoms with Crippen LogP contribution in [-0.4, -0.2) is 30.6 Å². The minimum absolute atomic E-state index is 0.550. The Kier molecular flexibility index (Phi) is 3.93. The first kappa shape index (κ1) is 13.4. The highest BCUT2D eigenvalue weighted by Crippen LogP contribution is 2.32. The summed E-state index contributed by atoms with van der Waals surface area (Å²) in [6.45, 7) is 0.551. The van der Waals surface area contributed by atoms with E-state index in [0.717, 1.165) is 37.7 Å². The molecule has 1 fully saturated rings. The molecular formula is C14H18ClNO2. The summed E-state index contributed by atoms with van der Waals surface area (Å²) in [5, 5.41) is 10.9. The number of nitrogens with zero attached hydrogens (tertiary/aromatic N) is 1. The summed E-state index contributed by atoms with van der Waals surface area (Å²) in [6.07, 6.45) is 4.62. The highest BCUT2D eigenvalue weighted by Gasteiger charge is 2.32. The van der Waals surface area contributed by atoms with E-state index in [1.807, 2.05) is 18.0 Å². The second-order valence-corrected chi connectivity index (χ2v) is 5.54. The molecule has 0 atom stereocenters. The average Bonchev–Trinajstić information content (AvgIpc) is 2.75. The highest BCUT2D eigenvalue weighted by atomic mass is 35.5. The van der Waals surface area contributed by atoms with Crippen LogP contribution < -0.4 is 4.90 Å². The predicted molar refractivity (Wildman–Crippen MR) is 73.5 cm³/mol. The monoisotopic (exact) mass is 267 g/mol. The van der Waals surface area contributed by atoms with Crippen molar-refractivity contribution in [1.82, 2.24) is 0 Å². The third-order valence-corrected chi connectivity index (χ3v) is 3.83. The zero-order chi connectivity index (χ0) is 13.2. The highest BCUT2D eigenvalue weighted by molar-refractivity contribution is 6.31. The molecular weight excluding hydrogens is 250 g/mol. The first-order valence-electron chi connectivity index (χ1n) is 6.22. The van der Waals surface area contributed by atoms with Crippen LogP contribution in [0.5, 0.6) is 0 Å². The molecule has 1 aliphatic carbocycles. The van der Waals surface area contributed by atoms with Gasteiger partial charge in [-0.2, -0.15) is 0 Å². The second-order valence-electron chi connectivity index (χ2n) is 5.11. The summed E-state index contributed by atoms with van der Waals surface area (Å²) in [5.41, 5.74) is 0.760. The normalized spacial score (nSPS) is 17.7. The van der Waals surface area contributed by atoms with E-state index in [-0.39, 0.29) is 0 Å². The number of rotatable bonds is 4. The maximum absolute atomic E-state index is 11.1. The molecule has 0 radical (unpaired) electrons. The van der Waals surface area contributed by atoms with Crippen LogP contribution in [0.15, 0.2) is 18.2 Å². The average molecular weight is 268 g/mol. The maximum atomic E-state index is 11.1. The van der Waals surface area contributed by atoms with Crippen LogP contribution >= 0.6 is 11.6 Å². The molecule has 1 saturated carbocycles. The lowest BCUT2D eigenvalue weighted by atomic mass is 10.0. The van der Waals surface area contributed by atoms with Crippen LogP contribution in [0.3, 0.4) is 0 Å². The van der Waals surface area contributed by atoms with Gasteiger partial charge < -0.3 is 10.0 Å². The quantitative estimate of drug-likeness (QED) is 0.853. The smallest absolute Gasteiger partial charge is 0.152 e. The van der Waals surface area contributed by atoms with Gasteiger partial charge >= 0.3 is 0 Å². The summed E-state index contributed by atoms with van der Waals surface area (Å²) in [7, 11) is 1.90. The van der Waals surface area contributed by atoms with E-state index in [4.69, 9.17) is 11.6 Å². The molecule has 98 valence electrons. The third kappa shape index (κ3) is 2.85. The van der Waals surface area contributed by atoms with Gasteiger partial charge in [0.15, 0.2) is 6.29 Å². The summed E-state index contributed by atoms with van der Waals surface area (Å²) in [4.78, 5) is 13.0. The van der Waals surface area contributed by atoms with Crippen LogP contribution in [0.25, 0.3) is 0 Å². The van der Waals surface area contributed by atoms with Crippen LogP contribution in [0.1, 0.15) is 36.0 Å². The second kappa shape index (κ2) is 5.29. The fourth-order valence-corrected chi connectivity index (χ4v) is 2.87. The number of aldehydes is 1. The number of carbonyl (C=O) groups is 1. The lowest BCUT2D eigenvalue weighted by Crippen LogP contribution is -2.39. The maximum Gasteiger partial charge on any atom is 0.152 e. The molecule has 0 saturated heterocycles. The fourth-order valence-electron chi connectivity index (χ4n) is 2.69. The van der Waals surface area contributed by atoms with Crippen molar-refractivity contribution in [1.29, 1.82) is 0 Å².